The number of halogens is 2. The molecule has 1 aromatic heterocycles. The number of nitrogens with zero attached hydrogens (tertiary/aromatic N) is 1. The molecular weight excluding hydrogens is 254 g/mol. The van der Waals surface area contributed by atoms with E-state index in [0.29, 0.717) is 17.0 Å². The monoisotopic (exact) mass is 266 g/mol. The average molecular weight is 266 g/mol. The molecule has 0 saturated carbocycles. The zero-order chi connectivity index (χ0) is 14.0. The van der Waals surface area contributed by atoms with Gasteiger partial charge in [-0.1, -0.05) is 0 Å². The van der Waals surface area contributed by atoms with E-state index in [9.17, 15) is 13.6 Å². The number of carbonyl (C=O) groups is 1. The molecule has 2 aromatic rings. The van der Waals surface area contributed by atoms with Crippen molar-refractivity contribution in [3.8, 4) is 11.3 Å². The normalized spacial score (nSPS) is 10.7. The zero-order valence-electron chi connectivity index (χ0n) is 10.2. The molecule has 4 nitrogen and oxygen atoms in total. The van der Waals surface area contributed by atoms with E-state index >= 15 is 0 Å². The standard InChI is InChI=1S/C13H12F2N2O2/c1-7-11(4-5-12(18)19)16-17-13(7)9-6-8(14)2-3-10(9)15/h2-3,6H,4-5H2,1H3,(H,16,17)(H,18,19). The SMILES string of the molecule is Cc1c(-c2cc(F)ccc2F)n[nH]c1CCC(=O)O. The molecule has 0 aliphatic heterocycles. The number of hydrogen-bond donors (Lipinski definition) is 2. The van der Waals surface area contributed by atoms with Crippen molar-refractivity contribution in [2.75, 3.05) is 0 Å². The number of aryl methyl sites for hydroxylation is 1. The van der Waals surface area contributed by atoms with Crippen molar-refractivity contribution < 1.29 is 18.7 Å². The fraction of sp³-hybridized carbons (Fsp3) is 0.231. The molecule has 0 aliphatic carbocycles. The molecule has 0 aliphatic rings. The number of rotatable bonds is 4. The first-order valence-corrected chi connectivity index (χ1v) is 5.70. The summed E-state index contributed by atoms with van der Waals surface area (Å²) in [5, 5.41) is 15.2. The maximum Gasteiger partial charge on any atom is 0.303 e. The highest BCUT2D eigenvalue weighted by Gasteiger charge is 2.15. The Labute approximate surface area is 108 Å². The Bertz CT molecular complexity index is 623. The molecule has 19 heavy (non-hydrogen) atoms. The van der Waals surface area contributed by atoms with Crippen LogP contribution in [0.2, 0.25) is 0 Å². The second kappa shape index (κ2) is 5.17. The predicted octanol–water partition coefficient (Wildman–Crippen LogP) is 2.68. The van der Waals surface area contributed by atoms with Crippen LogP contribution in [-0.2, 0) is 11.2 Å². The summed E-state index contributed by atoms with van der Waals surface area (Å²) in [4.78, 5) is 10.5. The number of benzene rings is 1. The van der Waals surface area contributed by atoms with Crippen LogP contribution in [0.1, 0.15) is 17.7 Å². The van der Waals surface area contributed by atoms with Crippen molar-refractivity contribution in [2.45, 2.75) is 19.8 Å². The van der Waals surface area contributed by atoms with Gasteiger partial charge in [0.1, 0.15) is 11.6 Å². The number of aliphatic carboxylic acids is 1. The number of hydrogen-bond acceptors (Lipinski definition) is 2. The van der Waals surface area contributed by atoms with Gasteiger partial charge in [0.05, 0.1) is 12.1 Å². The third kappa shape index (κ3) is 2.78. The van der Waals surface area contributed by atoms with Crippen molar-refractivity contribution >= 4 is 5.97 Å². The lowest BCUT2D eigenvalue weighted by atomic mass is 10.0. The highest BCUT2D eigenvalue weighted by Crippen LogP contribution is 2.26. The van der Waals surface area contributed by atoms with E-state index < -0.39 is 17.6 Å². The molecular formula is C13H12F2N2O2. The van der Waals surface area contributed by atoms with Gasteiger partial charge in [0.25, 0.3) is 0 Å². The van der Waals surface area contributed by atoms with Crippen LogP contribution >= 0.6 is 0 Å². The molecule has 0 saturated heterocycles. The van der Waals surface area contributed by atoms with Crippen LogP contribution in [0.4, 0.5) is 8.78 Å². The first kappa shape index (κ1) is 13.2. The molecule has 0 fully saturated rings. The van der Waals surface area contributed by atoms with E-state index in [4.69, 9.17) is 5.11 Å². The van der Waals surface area contributed by atoms with Crippen molar-refractivity contribution in [1.29, 1.82) is 0 Å². The van der Waals surface area contributed by atoms with Crippen molar-refractivity contribution in [1.82, 2.24) is 10.2 Å². The second-order valence-corrected chi connectivity index (χ2v) is 4.19. The molecule has 0 spiro atoms. The number of carboxylic acid groups (broad SMARTS) is 1. The lowest BCUT2D eigenvalue weighted by molar-refractivity contribution is -0.136. The molecule has 0 amide bonds. The van der Waals surface area contributed by atoms with E-state index in [1.54, 1.807) is 6.92 Å². The highest BCUT2D eigenvalue weighted by molar-refractivity contribution is 5.68. The van der Waals surface area contributed by atoms with Gasteiger partial charge in [-0.2, -0.15) is 5.10 Å². The third-order valence-corrected chi connectivity index (χ3v) is 2.88. The highest BCUT2D eigenvalue weighted by atomic mass is 19.1. The van der Waals surface area contributed by atoms with Gasteiger partial charge >= 0.3 is 5.97 Å². The van der Waals surface area contributed by atoms with E-state index in [-0.39, 0.29) is 18.4 Å². The number of H-pyrrole nitrogens is 1. The summed E-state index contributed by atoms with van der Waals surface area (Å²) < 4.78 is 26.8. The summed E-state index contributed by atoms with van der Waals surface area (Å²) in [6.07, 6.45) is 0.221. The van der Waals surface area contributed by atoms with Gasteiger partial charge in [0.15, 0.2) is 0 Å². The minimum atomic E-state index is -0.924. The van der Waals surface area contributed by atoms with Crippen LogP contribution in [0.3, 0.4) is 0 Å². The maximum absolute atomic E-state index is 13.6. The summed E-state index contributed by atoms with van der Waals surface area (Å²) in [6, 6.07) is 3.14. The van der Waals surface area contributed by atoms with E-state index in [0.717, 1.165) is 18.2 Å². The summed E-state index contributed by atoms with van der Waals surface area (Å²) in [6.45, 7) is 1.69. The van der Waals surface area contributed by atoms with Crippen LogP contribution in [0, 0.1) is 18.6 Å². The first-order valence-electron chi connectivity index (χ1n) is 5.70. The van der Waals surface area contributed by atoms with Crippen LogP contribution < -0.4 is 0 Å². The Morgan fingerprint density at radius 2 is 2.16 bits per heavy atom. The molecule has 1 aromatic carbocycles. The Morgan fingerprint density at radius 3 is 2.84 bits per heavy atom. The summed E-state index contributed by atoms with van der Waals surface area (Å²) in [5.41, 5.74) is 1.61. The topological polar surface area (TPSA) is 66.0 Å². The molecule has 0 unspecified atom stereocenters. The Hall–Kier alpha value is -2.24. The van der Waals surface area contributed by atoms with Crippen LogP contribution in [0.5, 0.6) is 0 Å². The Kier molecular flexibility index (Phi) is 3.59. The van der Waals surface area contributed by atoms with Gasteiger partial charge in [0.2, 0.25) is 0 Å². The molecule has 0 radical (unpaired) electrons. The molecule has 0 atom stereocenters. The Balaban J connectivity index is 2.36. The van der Waals surface area contributed by atoms with E-state index in [1.807, 2.05) is 0 Å². The first-order chi connectivity index (χ1) is 8.99. The zero-order valence-corrected chi connectivity index (χ0v) is 10.2. The van der Waals surface area contributed by atoms with Gasteiger partial charge in [-0.05, 0) is 37.1 Å². The summed E-state index contributed by atoms with van der Waals surface area (Å²) in [5.74, 6) is -2.04. The van der Waals surface area contributed by atoms with Crippen molar-refractivity contribution in [3.05, 3.63) is 41.1 Å². The van der Waals surface area contributed by atoms with Crippen LogP contribution in [-0.4, -0.2) is 21.3 Å². The molecule has 2 N–H and O–H groups in total. The molecule has 0 bridgehead atoms. The van der Waals surface area contributed by atoms with E-state index in [1.165, 1.54) is 0 Å². The number of nitrogens with one attached hydrogen (secondary N) is 1. The van der Waals surface area contributed by atoms with Gasteiger partial charge in [-0.25, -0.2) is 8.78 Å². The second-order valence-electron chi connectivity index (χ2n) is 4.19. The summed E-state index contributed by atoms with van der Waals surface area (Å²) >= 11 is 0. The predicted molar refractivity (Wildman–Crippen MR) is 64.6 cm³/mol. The average Bonchev–Trinajstić information content (AvgIpc) is 2.71. The van der Waals surface area contributed by atoms with Gasteiger partial charge in [-0.15, -0.1) is 0 Å². The molecule has 100 valence electrons. The molecule has 6 heteroatoms. The Morgan fingerprint density at radius 1 is 1.42 bits per heavy atom. The van der Waals surface area contributed by atoms with Crippen molar-refractivity contribution in [3.63, 3.8) is 0 Å². The van der Waals surface area contributed by atoms with Crippen LogP contribution in [0.25, 0.3) is 11.3 Å². The number of aromatic amines is 1. The largest absolute Gasteiger partial charge is 0.481 e. The third-order valence-electron chi connectivity index (χ3n) is 2.88. The van der Waals surface area contributed by atoms with Gasteiger partial charge in [-0.3, -0.25) is 9.89 Å². The number of aromatic nitrogens is 2. The lowest BCUT2D eigenvalue weighted by Gasteiger charge is -2.02. The fourth-order valence-corrected chi connectivity index (χ4v) is 1.85. The lowest BCUT2D eigenvalue weighted by Crippen LogP contribution is -1.98. The fourth-order valence-electron chi connectivity index (χ4n) is 1.85. The quantitative estimate of drug-likeness (QED) is 0.894. The minimum Gasteiger partial charge on any atom is -0.481 e. The van der Waals surface area contributed by atoms with Crippen LogP contribution in [0.15, 0.2) is 18.2 Å². The number of carboxylic acids is 1. The van der Waals surface area contributed by atoms with Crippen molar-refractivity contribution in [2.24, 2.45) is 0 Å². The maximum atomic E-state index is 13.6. The molecule has 1 heterocycles. The smallest absolute Gasteiger partial charge is 0.303 e. The summed E-state index contributed by atoms with van der Waals surface area (Å²) in [7, 11) is 0. The van der Waals surface area contributed by atoms with Gasteiger partial charge < -0.3 is 5.11 Å². The minimum absolute atomic E-state index is 0.0475. The van der Waals surface area contributed by atoms with E-state index in [2.05, 4.69) is 10.2 Å². The molecule has 2 rings (SSSR count). The van der Waals surface area contributed by atoms with Gasteiger partial charge in [0, 0.05) is 11.3 Å².